The van der Waals surface area contributed by atoms with Crippen LogP contribution in [0.1, 0.15) is 66.7 Å². The predicted octanol–water partition coefficient (Wildman–Crippen LogP) is 2.82. The van der Waals surface area contributed by atoms with Crippen LogP contribution in [0, 0.1) is 6.92 Å². The van der Waals surface area contributed by atoms with Crippen LogP contribution in [0.3, 0.4) is 0 Å². The van der Waals surface area contributed by atoms with Gasteiger partial charge in [0, 0.05) is 32.5 Å². The fraction of sp³-hybridized carbons (Fsp3) is 0.524. The number of ether oxygens (including phenoxy) is 1. The number of carbonyl (C=O) groups is 2. The number of carbonyl (C=O) groups excluding carboxylic acids is 2. The monoisotopic (exact) mass is 400 g/mol. The van der Waals surface area contributed by atoms with Crippen molar-refractivity contribution in [3.63, 3.8) is 0 Å². The van der Waals surface area contributed by atoms with E-state index in [4.69, 9.17) is 9.26 Å². The number of aryl methyl sites for hydroxylation is 2. The first-order valence-corrected chi connectivity index (χ1v) is 10.0. The normalized spacial score (nSPS) is 16.3. The van der Waals surface area contributed by atoms with Gasteiger partial charge in [0.1, 0.15) is 5.76 Å². The van der Waals surface area contributed by atoms with Gasteiger partial charge in [0.25, 0.3) is 11.8 Å². The van der Waals surface area contributed by atoms with Crippen molar-refractivity contribution in [2.75, 3.05) is 13.6 Å². The molecular formula is C21H28N4O4. The number of hydrogen-bond donors (Lipinski definition) is 1. The minimum Gasteiger partial charge on any atom is -0.473 e. The second-order valence-electron chi connectivity index (χ2n) is 7.49. The first-order chi connectivity index (χ1) is 13.9. The Morgan fingerprint density at radius 3 is 2.86 bits per heavy atom. The van der Waals surface area contributed by atoms with Crippen molar-refractivity contribution in [2.45, 2.75) is 58.6 Å². The highest BCUT2D eigenvalue weighted by Gasteiger charge is 2.31. The fourth-order valence-electron chi connectivity index (χ4n) is 3.60. The van der Waals surface area contributed by atoms with Crippen molar-refractivity contribution in [3.05, 3.63) is 40.9 Å². The minimum atomic E-state index is -0.159. The Balaban J connectivity index is 1.64. The summed E-state index contributed by atoms with van der Waals surface area (Å²) in [6.07, 6.45) is 2.63. The van der Waals surface area contributed by atoms with Gasteiger partial charge in [-0.05, 0) is 50.9 Å². The second-order valence-corrected chi connectivity index (χ2v) is 7.49. The molecule has 3 rings (SSSR count). The molecule has 2 aromatic heterocycles. The molecule has 1 fully saturated rings. The Morgan fingerprint density at radius 1 is 1.38 bits per heavy atom. The van der Waals surface area contributed by atoms with Crippen molar-refractivity contribution in [1.29, 1.82) is 0 Å². The molecule has 8 nitrogen and oxygen atoms in total. The van der Waals surface area contributed by atoms with Crippen LogP contribution in [0.25, 0.3) is 0 Å². The van der Waals surface area contributed by atoms with Crippen LogP contribution in [0.5, 0.6) is 5.88 Å². The summed E-state index contributed by atoms with van der Waals surface area (Å²) in [5.41, 5.74) is 2.05. The maximum absolute atomic E-state index is 12.8. The Labute approximate surface area is 170 Å². The maximum Gasteiger partial charge on any atom is 0.254 e. The summed E-state index contributed by atoms with van der Waals surface area (Å²) in [4.78, 5) is 31.2. The second kappa shape index (κ2) is 9.07. The topological polar surface area (TPSA) is 97.6 Å². The molecule has 1 aliphatic heterocycles. The Morgan fingerprint density at radius 2 is 2.17 bits per heavy atom. The summed E-state index contributed by atoms with van der Waals surface area (Å²) < 4.78 is 10.7. The van der Waals surface area contributed by atoms with Crippen molar-refractivity contribution < 1.29 is 18.8 Å². The third-order valence-corrected chi connectivity index (χ3v) is 4.97. The molecule has 0 bridgehead atoms. The number of hydrogen-bond acceptors (Lipinski definition) is 6. The van der Waals surface area contributed by atoms with Crippen LogP contribution < -0.4 is 10.1 Å². The highest BCUT2D eigenvalue weighted by atomic mass is 16.5. The molecule has 1 saturated heterocycles. The lowest BCUT2D eigenvalue weighted by Gasteiger charge is -2.24. The number of rotatable bonds is 7. The van der Waals surface area contributed by atoms with Gasteiger partial charge < -0.3 is 19.5 Å². The molecule has 1 unspecified atom stereocenters. The molecular weight excluding hydrogens is 372 g/mol. The summed E-state index contributed by atoms with van der Waals surface area (Å²) in [5, 5.41) is 6.48. The lowest BCUT2D eigenvalue weighted by atomic mass is 10.1. The van der Waals surface area contributed by atoms with Gasteiger partial charge in [0.15, 0.2) is 0 Å². The smallest absolute Gasteiger partial charge is 0.254 e. The van der Waals surface area contributed by atoms with E-state index < -0.39 is 0 Å². The van der Waals surface area contributed by atoms with E-state index in [-0.39, 0.29) is 24.0 Å². The van der Waals surface area contributed by atoms with E-state index in [1.165, 1.54) is 0 Å². The molecule has 0 spiro atoms. The van der Waals surface area contributed by atoms with Gasteiger partial charge in [-0.1, -0.05) is 0 Å². The van der Waals surface area contributed by atoms with E-state index in [1.54, 1.807) is 19.2 Å². The van der Waals surface area contributed by atoms with Gasteiger partial charge >= 0.3 is 0 Å². The van der Waals surface area contributed by atoms with E-state index in [0.29, 0.717) is 42.3 Å². The van der Waals surface area contributed by atoms with Gasteiger partial charge in [-0.2, -0.15) is 0 Å². The van der Waals surface area contributed by atoms with E-state index in [1.807, 2.05) is 31.7 Å². The lowest BCUT2D eigenvalue weighted by molar-refractivity contribution is -0.132. The maximum atomic E-state index is 12.8. The zero-order chi connectivity index (χ0) is 21.0. The molecule has 1 atom stereocenters. The van der Waals surface area contributed by atoms with Crippen molar-refractivity contribution in [2.24, 2.45) is 0 Å². The highest BCUT2D eigenvalue weighted by molar-refractivity contribution is 5.94. The molecule has 1 N–H and O–H groups in total. The number of likely N-dealkylation sites (tertiary alicyclic amines) is 1. The van der Waals surface area contributed by atoms with E-state index in [2.05, 4.69) is 15.5 Å². The van der Waals surface area contributed by atoms with Crippen molar-refractivity contribution in [1.82, 2.24) is 20.4 Å². The molecule has 29 heavy (non-hydrogen) atoms. The largest absolute Gasteiger partial charge is 0.473 e. The molecule has 0 radical (unpaired) electrons. The minimum absolute atomic E-state index is 0.0192. The third kappa shape index (κ3) is 4.93. The zero-order valence-corrected chi connectivity index (χ0v) is 17.4. The lowest BCUT2D eigenvalue weighted by Crippen LogP contribution is -2.31. The molecule has 0 saturated carbocycles. The molecule has 0 aliphatic carbocycles. The average molecular weight is 400 g/mol. The SMILES string of the molecule is CNC(=O)c1ccc(C2CCCN2C(=O)CCc2cc(OC(C)C)no2)nc1C. The zero-order valence-electron chi connectivity index (χ0n) is 17.4. The number of nitrogens with zero attached hydrogens (tertiary/aromatic N) is 3. The van der Waals surface area contributed by atoms with Crippen LogP contribution in [-0.2, 0) is 11.2 Å². The Hall–Kier alpha value is -2.90. The number of amides is 2. The first kappa shape index (κ1) is 20.8. The quantitative estimate of drug-likeness (QED) is 0.767. The molecule has 8 heteroatoms. The van der Waals surface area contributed by atoms with Gasteiger partial charge in [-0.3, -0.25) is 14.6 Å². The van der Waals surface area contributed by atoms with Crippen LogP contribution in [-0.4, -0.2) is 46.6 Å². The molecule has 1 aliphatic rings. The first-order valence-electron chi connectivity index (χ1n) is 10.0. The van der Waals surface area contributed by atoms with Crippen molar-refractivity contribution in [3.8, 4) is 5.88 Å². The number of pyridine rings is 1. The summed E-state index contributed by atoms with van der Waals surface area (Å²) in [6, 6.07) is 5.30. The summed E-state index contributed by atoms with van der Waals surface area (Å²) in [6.45, 7) is 6.36. The van der Waals surface area contributed by atoms with Gasteiger partial charge in [0.2, 0.25) is 5.91 Å². The Kier molecular flexibility index (Phi) is 6.51. The van der Waals surface area contributed by atoms with E-state index >= 15 is 0 Å². The molecule has 2 aromatic rings. The molecule has 3 heterocycles. The number of aromatic nitrogens is 2. The fourth-order valence-corrected chi connectivity index (χ4v) is 3.60. The third-order valence-electron chi connectivity index (χ3n) is 4.97. The van der Waals surface area contributed by atoms with Crippen LogP contribution >= 0.6 is 0 Å². The summed E-state index contributed by atoms with van der Waals surface area (Å²) in [7, 11) is 1.60. The van der Waals surface area contributed by atoms with Gasteiger partial charge in [0.05, 0.1) is 29.1 Å². The number of nitrogens with one attached hydrogen (secondary N) is 1. The van der Waals surface area contributed by atoms with E-state index in [9.17, 15) is 9.59 Å². The Bertz CT molecular complexity index is 877. The summed E-state index contributed by atoms with van der Waals surface area (Å²) >= 11 is 0. The van der Waals surface area contributed by atoms with Gasteiger partial charge in [-0.25, -0.2) is 0 Å². The standard InChI is InChI=1S/C21H28N4O4/c1-13(2)28-19-12-15(29-24-19)7-10-20(26)25-11-5-6-18(25)17-9-8-16(14(3)23-17)21(27)22-4/h8-9,12-13,18H,5-7,10-11H2,1-4H3,(H,22,27). The van der Waals surface area contributed by atoms with Crippen LogP contribution in [0.4, 0.5) is 0 Å². The molecule has 2 amide bonds. The van der Waals surface area contributed by atoms with Gasteiger partial charge in [-0.15, -0.1) is 0 Å². The molecule has 0 aromatic carbocycles. The predicted molar refractivity (Wildman–Crippen MR) is 107 cm³/mol. The summed E-state index contributed by atoms with van der Waals surface area (Å²) in [5.74, 6) is 0.977. The van der Waals surface area contributed by atoms with Crippen molar-refractivity contribution >= 4 is 11.8 Å². The molecule has 156 valence electrons. The highest BCUT2D eigenvalue weighted by Crippen LogP contribution is 2.32. The average Bonchev–Trinajstić information content (AvgIpc) is 3.34. The van der Waals surface area contributed by atoms with E-state index in [0.717, 1.165) is 18.5 Å². The van der Waals surface area contributed by atoms with Crippen LogP contribution in [0.15, 0.2) is 22.7 Å². The van der Waals surface area contributed by atoms with Crippen LogP contribution in [0.2, 0.25) is 0 Å².